The molecule has 0 saturated carbocycles. The van der Waals surface area contributed by atoms with Gasteiger partial charge in [0, 0.05) is 11.6 Å². The fraction of sp³-hybridized carbons (Fsp3) is 0.133. The Kier molecular flexibility index (Phi) is 5.88. The Morgan fingerprint density at radius 2 is 1.71 bits per heavy atom. The van der Waals surface area contributed by atoms with Gasteiger partial charge in [0.15, 0.2) is 0 Å². The van der Waals surface area contributed by atoms with Crippen LogP contribution in [0.25, 0.3) is 0 Å². The van der Waals surface area contributed by atoms with Gasteiger partial charge in [0.1, 0.15) is 11.3 Å². The summed E-state index contributed by atoms with van der Waals surface area (Å²) in [6.45, 7) is 0. The monoisotopic (exact) mass is 289 g/mol. The van der Waals surface area contributed by atoms with Crippen LogP contribution in [0.2, 0.25) is 0 Å². The van der Waals surface area contributed by atoms with Crippen LogP contribution >= 0.6 is 0 Å². The van der Waals surface area contributed by atoms with E-state index < -0.39 is 17.7 Å². The molecule has 0 amide bonds. The first-order valence-corrected chi connectivity index (χ1v) is 5.93. The molecule has 0 fully saturated rings. The van der Waals surface area contributed by atoms with Crippen LogP contribution in [0.3, 0.4) is 0 Å². The summed E-state index contributed by atoms with van der Waals surface area (Å²) in [7, 11) is 2.32. The predicted molar refractivity (Wildman–Crippen MR) is 76.1 cm³/mol. The zero-order chi connectivity index (χ0) is 15.8. The first-order chi connectivity index (χ1) is 10.0. The van der Waals surface area contributed by atoms with Gasteiger partial charge in [-0.2, -0.15) is 0 Å². The predicted octanol–water partition coefficient (Wildman–Crippen LogP) is 1.77. The van der Waals surface area contributed by atoms with E-state index in [1.807, 2.05) is 0 Å². The molecule has 0 radical (unpaired) electrons. The molecule has 0 bridgehead atoms. The maximum absolute atomic E-state index is 11.8. The van der Waals surface area contributed by atoms with E-state index in [1.54, 1.807) is 30.3 Å². The van der Waals surface area contributed by atoms with Crippen molar-refractivity contribution in [1.82, 2.24) is 0 Å². The van der Waals surface area contributed by atoms with E-state index in [1.165, 1.54) is 7.11 Å². The molecule has 0 aliphatic carbocycles. The average molecular weight is 289 g/mol. The van der Waals surface area contributed by atoms with E-state index in [0.717, 1.165) is 19.3 Å². The van der Waals surface area contributed by atoms with Gasteiger partial charge in [-0.3, -0.25) is 5.41 Å². The first kappa shape index (κ1) is 16.2. The maximum Gasteiger partial charge on any atom is 0.343 e. The smallest absolute Gasteiger partial charge is 0.343 e. The molecule has 110 valence electrons. The third kappa shape index (κ3) is 4.31. The quantitative estimate of drug-likeness (QED) is 0.283. The second-order valence-corrected chi connectivity index (χ2v) is 3.85. The Morgan fingerprint density at radius 1 is 1.10 bits per heavy atom. The molecule has 1 rings (SSSR count). The normalized spacial score (nSPS) is 11.7. The van der Waals surface area contributed by atoms with Gasteiger partial charge in [-0.1, -0.05) is 30.3 Å². The minimum Gasteiger partial charge on any atom is -0.507 e. The van der Waals surface area contributed by atoms with Crippen LogP contribution < -0.4 is 0 Å². The third-order valence-electron chi connectivity index (χ3n) is 2.54. The molecular formula is C15H15NO5. The van der Waals surface area contributed by atoms with Crippen molar-refractivity contribution in [1.29, 1.82) is 5.41 Å². The lowest BCUT2D eigenvalue weighted by Gasteiger charge is -2.08. The number of rotatable bonds is 5. The number of carbonyl (C=O) groups excluding carboxylic acids is 2. The summed E-state index contributed by atoms with van der Waals surface area (Å²) in [5.41, 5.74) is -0.130. The van der Waals surface area contributed by atoms with E-state index in [0.29, 0.717) is 5.56 Å². The highest BCUT2D eigenvalue weighted by Crippen LogP contribution is 2.14. The molecule has 0 unspecified atom stereocenters. The SMILES string of the molecule is COC(=O)/C=C/C(O)=C(/C(=N)c1ccccc1)C(=O)OC. The molecule has 1 aromatic carbocycles. The number of ether oxygens (including phenoxy) is 2. The zero-order valence-electron chi connectivity index (χ0n) is 11.6. The molecule has 21 heavy (non-hydrogen) atoms. The number of hydrogen-bond acceptors (Lipinski definition) is 6. The molecule has 0 spiro atoms. The molecule has 0 aliphatic rings. The Bertz CT molecular complexity index is 602. The van der Waals surface area contributed by atoms with Crippen LogP contribution in [0.1, 0.15) is 5.56 Å². The summed E-state index contributed by atoms with van der Waals surface area (Å²) in [6, 6.07) is 8.38. The van der Waals surface area contributed by atoms with Gasteiger partial charge in [-0.05, 0) is 6.08 Å². The van der Waals surface area contributed by atoms with E-state index in [-0.39, 0.29) is 11.3 Å². The fourth-order valence-corrected chi connectivity index (χ4v) is 1.48. The van der Waals surface area contributed by atoms with E-state index in [4.69, 9.17) is 5.41 Å². The third-order valence-corrected chi connectivity index (χ3v) is 2.54. The summed E-state index contributed by atoms with van der Waals surface area (Å²) in [5, 5.41) is 17.9. The highest BCUT2D eigenvalue weighted by atomic mass is 16.5. The Hall–Kier alpha value is -2.89. The van der Waals surface area contributed by atoms with Crippen LogP contribution in [0.4, 0.5) is 0 Å². The van der Waals surface area contributed by atoms with Gasteiger partial charge in [-0.25, -0.2) is 9.59 Å². The van der Waals surface area contributed by atoms with Gasteiger partial charge in [0.2, 0.25) is 0 Å². The summed E-state index contributed by atoms with van der Waals surface area (Å²) in [5.74, 6) is -2.13. The highest BCUT2D eigenvalue weighted by Gasteiger charge is 2.21. The van der Waals surface area contributed by atoms with E-state index >= 15 is 0 Å². The number of benzene rings is 1. The molecule has 0 atom stereocenters. The lowest BCUT2D eigenvalue weighted by molar-refractivity contribution is -0.136. The van der Waals surface area contributed by atoms with Crippen LogP contribution in [0, 0.1) is 5.41 Å². The van der Waals surface area contributed by atoms with Crippen molar-refractivity contribution in [2.24, 2.45) is 0 Å². The summed E-state index contributed by atoms with van der Waals surface area (Å²) >= 11 is 0. The Morgan fingerprint density at radius 3 is 2.24 bits per heavy atom. The van der Waals surface area contributed by atoms with Crippen molar-refractivity contribution >= 4 is 17.7 Å². The molecule has 2 N–H and O–H groups in total. The number of nitrogens with one attached hydrogen (secondary N) is 1. The van der Waals surface area contributed by atoms with Crippen LogP contribution in [-0.2, 0) is 19.1 Å². The van der Waals surface area contributed by atoms with Gasteiger partial charge in [-0.15, -0.1) is 0 Å². The second kappa shape index (κ2) is 7.64. The van der Waals surface area contributed by atoms with E-state index in [9.17, 15) is 14.7 Å². The molecule has 0 heterocycles. The highest BCUT2D eigenvalue weighted by molar-refractivity contribution is 6.25. The molecule has 1 aromatic rings. The first-order valence-electron chi connectivity index (χ1n) is 5.93. The van der Waals surface area contributed by atoms with Gasteiger partial charge in [0.05, 0.1) is 19.9 Å². The van der Waals surface area contributed by atoms with Gasteiger partial charge < -0.3 is 14.6 Å². The van der Waals surface area contributed by atoms with Crippen molar-refractivity contribution in [3.63, 3.8) is 0 Å². The number of methoxy groups -OCH3 is 2. The minimum absolute atomic E-state index is 0.213. The Balaban J connectivity index is 3.23. The lowest BCUT2D eigenvalue weighted by Crippen LogP contribution is -2.17. The van der Waals surface area contributed by atoms with Crippen molar-refractivity contribution in [3.8, 4) is 0 Å². The molecule has 0 saturated heterocycles. The van der Waals surface area contributed by atoms with Crippen LogP contribution in [-0.4, -0.2) is 37.0 Å². The number of aliphatic hydroxyl groups excluding tert-OH is 1. The molecule has 0 aromatic heterocycles. The number of carbonyl (C=O) groups is 2. The van der Waals surface area contributed by atoms with Crippen molar-refractivity contribution < 1.29 is 24.2 Å². The number of hydrogen-bond donors (Lipinski definition) is 2. The van der Waals surface area contributed by atoms with Crippen LogP contribution in [0.15, 0.2) is 53.8 Å². The summed E-state index contributed by atoms with van der Waals surface area (Å²) < 4.78 is 8.94. The Labute approximate surface area is 121 Å². The number of aliphatic hydroxyl groups is 1. The summed E-state index contributed by atoms with van der Waals surface area (Å²) in [6.07, 6.45) is 1.92. The number of esters is 2. The van der Waals surface area contributed by atoms with Crippen molar-refractivity contribution in [2.75, 3.05) is 14.2 Å². The second-order valence-electron chi connectivity index (χ2n) is 3.85. The molecule has 0 aliphatic heterocycles. The fourth-order valence-electron chi connectivity index (χ4n) is 1.48. The van der Waals surface area contributed by atoms with E-state index in [2.05, 4.69) is 9.47 Å². The van der Waals surface area contributed by atoms with Crippen LogP contribution in [0.5, 0.6) is 0 Å². The lowest BCUT2D eigenvalue weighted by atomic mass is 10.0. The average Bonchev–Trinajstić information content (AvgIpc) is 2.53. The topological polar surface area (TPSA) is 96.7 Å². The number of allylic oxidation sites excluding steroid dienone is 1. The molecule has 6 nitrogen and oxygen atoms in total. The maximum atomic E-state index is 11.8. The largest absolute Gasteiger partial charge is 0.507 e. The standard InChI is InChI=1S/C15H15NO5/c1-20-12(18)9-8-11(17)13(15(19)21-2)14(16)10-6-4-3-5-7-10/h3-9,16-17H,1-2H3/b9-8+,13-11+,16-14?. The van der Waals surface area contributed by atoms with Crippen molar-refractivity contribution in [2.45, 2.75) is 0 Å². The molecule has 6 heteroatoms. The van der Waals surface area contributed by atoms with Crippen molar-refractivity contribution in [3.05, 3.63) is 59.4 Å². The minimum atomic E-state index is -0.879. The zero-order valence-corrected chi connectivity index (χ0v) is 11.6. The van der Waals surface area contributed by atoms with Gasteiger partial charge in [0.25, 0.3) is 0 Å². The summed E-state index contributed by atoms with van der Waals surface area (Å²) in [4.78, 5) is 22.8. The molecular weight excluding hydrogens is 274 g/mol. The van der Waals surface area contributed by atoms with Gasteiger partial charge >= 0.3 is 11.9 Å².